The normalized spacial score (nSPS) is 14.6. The molecule has 0 aliphatic heterocycles. The van der Waals surface area contributed by atoms with Crippen molar-refractivity contribution in [2.45, 2.75) is 26.0 Å². The predicted octanol–water partition coefficient (Wildman–Crippen LogP) is 2.77. The van der Waals surface area contributed by atoms with Crippen molar-refractivity contribution in [3.05, 3.63) is 28.8 Å². The molecule has 0 radical (unpaired) electrons. The summed E-state index contributed by atoms with van der Waals surface area (Å²) < 4.78 is 10.8. The molecule has 0 amide bonds. The van der Waals surface area contributed by atoms with Gasteiger partial charge in [0.15, 0.2) is 0 Å². The van der Waals surface area contributed by atoms with Gasteiger partial charge in [-0.1, -0.05) is 11.6 Å². The van der Waals surface area contributed by atoms with Crippen LogP contribution in [0.1, 0.15) is 25.5 Å². The maximum Gasteiger partial charge on any atom is 0.124 e. The maximum absolute atomic E-state index is 5.92. The fourth-order valence-electron chi connectivity index (χ4n) is 1.28. The van der Waals surface area contributed by atoms with Crippen LogP contribution < -0.4 is 10.5 Å². The van der Waals surface area contributed by atoms with E-state index in [1.54, 1.807) is 13.2 Å². The van der Waals surface area contributed by atoms with Gasteiger partial charge >= 0.3 is 0 Å². The lowest BCUT2D eigenvalue weighted by molar-refractivity contribution is 0.0712. The van der Waals surface area contributed by atoms with E-state index in [0.29, 0.717) is 11.6 Å². The van der Waals surface area contributed by atoms with Crippen LogP contribution in [0.2, 0.25) is 5.02 Å². The standard InChI is InChI=1S/C12H18ClNO2/c1-8(15-3)7-16-12-5-4-10(13)6-11(12)9(2)14/h4-6,8-9H,7,14H2,1-3H3/t8?,9-/m0/s1. The molecule has 0 aliphatic carbocycles. The van der Waals surface area contributed by atoms with Gasteiger partial charge in [-0.3, -0.25) is 0 Å². The number of ether oxygens (including phenoxy) is 2. The van der Waals surface area contributed by atoms with Crippen molar-refractivity contribution in [1.82, 2.24) is 0 Å². The van der Waals surface area contributed by atoms with E-state index in [1.807, 2.05) is 26.0 Å². The van der Waals surface area contributed by atoms with E-state index in [0.717, 1.165) is 11.3 Å². The molecule has 0 saturated carbocycles. The van der Waals surface area contributed by atoms with E-state index < -0.39 is 0 Å². The third kappa shape index (κ3) is 3.67. The van der Waals surface area contributed by atoms with Crippen LogP contribution in [-0.4, -0.2) is 19.8 Å². The molecule has 0 aliphatic rings. The van der Waals surface area contributed by atoms with Crippen molar-refractivity contribution in [3.8, 4) is 5.75 Å². The van der Waals surface area contributed by atoms with Crippen molar-refractivity contribution in [1.29, 1.82) is 0 Å². The van der Waals surface area contributed by atoms with Gasteiger partial charge in [0.05, 0.1) is 6.10 Å². The summed E-state index contributed by atoms with van der Waals surface area (Å²) in [6.07, 6.45) is 0.0524. The van der Waals surface area contributed by atoms with Crippen LogP contribution in [0, 0.1) is 0 Å². The first-order valence-electron chi connectivity index (χ1n) is 5.25. The number of hydrogen-bond donors (Lipinski definition) is 1. The molecule has 16 heavy (non-hydrogen) atoms. The highest BCUT2D eigenvalue weighted by molar-refractivity contribution is 6.30. The Labute approximate surface area is 101 Å². The Kier molecular flexibility index (Phi) is 5.06. The van der Waals surface area contributed by atoms with Gasteiger partial charge in [-0.2, -0.15) is 0 Å². The first kappa shape index (κ1) is 13.3. The topological polar surface area (TPSA) is 44.5 Å². The molecule has 0 fully saturated rings. The van der Waals surface area contributed by atoms with Crippen LogP contribution in [0.4, 0.5) is 0 Å². The van der Waals surface area contributed by atoms with Crippen molar-refractivity contribution >= 4 is 11.6 Å². The van der Waals surface area contributed by atoms with Crippen LogP contribution in [0.3, 0.4) is 0 Å². The van der Waals surface area contributed by atoms with Crippen LogP contribution in [0.25, 0.3) is 0 Å². The summed E-state index contributed by atoms with van der Waals surface area (Å²) in [7, 11) is 1.66. The smallest absolute Gasteiger partial charge is 0.124 e. The molecule has 1 rings (SSSR count). The minimum absolute atomic E-state index is 0.0524. The minimum atomic E-state index is -0.105. The van der Waals surface area contributed by atoms with E-state index in [2.05, 4.69) is 0 Å². The Morgan fingerprint density at radius 2 is 2.06 bits per heavy atom. The molecular formula is C12H18ClNO2. The van der Waals surface area contributed by atoms with E-state index in [9.17, 15) is 0 Å². The zero-order valence-corrected chi connectivity index (χ0v) is 10.6. The summed E-state index contributed by atoms with van der Waals surface area (Å²) in [4.78, 5) is 0. The first-order valence-corrected chi connectivity index (χ1v) is 5.63. The largest absolute Gasteiger partial charge is 0.491 e. The van der Waals surface area contributed by atoms with E-state index in [1.165, 1.54) is 0 Å². The highest BCUT2D eigenvalue weighted by atomic mass is 35.5. The Morgan fingerprint density at radius 1 is 1.38 bits per heavy atom. The Hall–Kier alpha value is -0.770. The molecule has 0 saturated heterocycles. The Balaban J connectivity index is 2.78. The van der Waals surface area contributed by atoms with Gasteiger partial charge in [-0.05, 0) is 32.0 Å². The van der Waals surface area contributed by atoms with Crippen molar-refractivity contribution in [2.24, 2.45) is 5.73 Å². The fourth-order valence-corrected chi connectivity index (χ4v) is 1.46. The van der Waals surface area contributed by atoms with Crippen LogP contribution in [0.15, 0.2) is 18.2 Å². The number of nitrogens with two attached hydrogens (primary N) is 1. The molecule has 90 valence electrons. The van der Waals surface area contributed by atoms with Gasteiger partial charge in [0.25, 0.3) is 0 Å². The summed E-state index contributed by atoms with van der Waals surface area (Å²) >= 11 is 5.92. The average molecular weight is 244 g/mol. The predicted molar refractivity (Wildman–Crippen MR) is 66.0 cm³/mol. The number of rotatable bonds is 5. The SMILES string of the molecule is COC(C)COc1ccc(Cl)cc1[C@H](C)N. The zero-order valence-electron chi connectivity index (χ0n) is 9.87. The van der Waals surface area contributed by atoms with Gasteiger partial charge in [-0.15, -0.1) is 0 Å². The first-order chi connectivity index (χ1) is 7.54. The molecular weight excluding hydrogens is 226 g/mol. The zero-order chi connectivity index (χ0) is 12.1. The summed E-state index contributed by atoms with van der Waals surface area (Å²) in [6, 6.07) is 5.36. The van der Waals surface area contributed by atoms with E-state index in [4.69, 9.17) is 26.8 Å². The highest BCUT2D eigenvalue weighted by Crippen LogP contribution is 2.27. The summed E-state index contributed by atoms with van der Waals surface area (Å²) in [6.45, 7) is 4.34. The lowest BCUT2D eigenvalue weighted by Gasteiger charge is -2.16. The van der Waals surface area contributed by atoms with Crippen LogP contribution >= 0.6 is 11.6 Å². The number of halogens is 1. The fraction of sp³-hybridized carbons (Fsp3) is 0.500. The molecule has 0 bridgehead atoms. The summed E-state index contributed by atoms with van der Waals surface area (Å²) in [5, 5.41) is 0.666. The third-order valence-corrected chi connectivity index (χ3v) is 2.57. The number of benzene rings is 1. The van der Waals surface area contributed by atoms with Crippen LogP contribution in [-0.2, 0) is 4.74 Å². The van der Waals surface area contributed by atoms with Crippen LogP contribution in [0.5, 0.6) is 5.75 Å². The molecule has 2 N–H and O–H groups in total. The molecule has 0 heterocycles. The summed E-state index contributed by atoms with van der Waals surface area (Å²) in [5.41, 5.74) is 6.77. The maximum atomic E-state index is 5.92. The molecule has 2 atom stereocenters. The van der Waals surface area contributed by atoms with Gasteiger partial charge in [0.1, 0.15) is 12.4 Å². The number of methoxy groups -OCH3 is 1. The number of hydrogen-bond acceptors (Lipinski definition) is 3. The summed E-state index contributed by atoms with van der Waals surface area (Å²) in [5.74, 6) is 0.767. The molecule has 1 unspecified atom stereocenters. The monoisotopic (exact) mass is 243 g/mol. The highest BCUT2D eigenvalue weighted by Gasteiger charge is 2.10. The molecule has 3 nitrogen and oxygen atoms in total. The lowest BCUT2D eigenvalue weighted by atomic mass is 10.1. The minimum Gasteiger partial charge on any atom is -0.491 e. The second-order valence-corrected chi connectivity index (χ2v) is 4.26. The van der Waals surface area contributed by atoms with Crippen molar-refractivity contribution < 1.29 is 9.47 Å². The van der Waals surface area contributed by atoms with Gasteiger partial charge in [0, 0.05) is 23.7 Å². The van der Waals surface area contributed by atoms with Gasteiger partial charge in [-0.25, -0.2) is 0 Å². The molecule has 0 aromatic heterocycles. The molecule has 1 aromatic rings. The van der Waals surface area contributed by atoms with E-state index in [-0.39, 0.29) is 12.1 Å². The molecule has 1 aromatic carbocycles. The Morgan fingerprint density at radius 3 is 2.62 bits per heavy atom. The quantitative estimate of drug-likeness (QED) is 0.865. The lowest BCUT2D eigenvalue weighted by Crippen LogP contribution is -2.17. The van der Waals surface area contributed by atoms with Gasteiger partial charge in [0.2, 0.25) is 0 Å². The second-order valence-electron chi connectivity index (χ2n) is 3.83. The molecule has 0 spiro atoms. The van der Waals surface area contributed by atoms with Crippen molar-refractivity contribution in [3.63, 3.8) is 0 Å². The van der Waals surface area contributed by atoms with E-state index >= 15 is 0 Å². The third-order valence-electron chi connectivity index (χ3n) is 2.34. The van der Waals surface area contributed by atoms with Gasteiger partial charge < -0.3 is 15.2 Å². The second kappa shape index (κ2) is 6.09. The average Bonchev–Trinajstić information content (AvgIpc) is 2.26. The Bertz CT molecular complexity index is 342. The van der Waals surface area contributed by atoms with Crippen molar-refractivity contribution in [2.75, 3.05) is 13.7 Å². The molecule has 4 heteroatoms.